The van der Waals surface area contributed by atoms with Crippen molar-refractivity contribution in [3.05, 3.63) is 101 Å². The quantitative estimate of drug-likeness (QED) is 0.364. The Morgan fingerprint density at radius 3 is 2.44 bits per heavy atom. The van der Waals surface area contributed by atoms with Gasteiger partial charge in [0.15, 0.2) is 0 Å². The van der Waals surface area contributed by atoms with E-state index in [1.165, 1.54) is 30.5 Å². The zero-order chi connectivity index (χ0) is 27.7. The van der Waals surface area contributed by atoms with Crippen LogP contribution in [0.15, 0.2) is 89.5 Å². The van der Waals surface area contributed by atoms with Crippen molar-refractivity contribution in [2.75, 3.05) is 19.1 Å². The van der Waals surface area contributed by atoms with Gasteiger partial charge >= 0.3 is 11.9 Å². The number of aromatic nitrogens is 2. The molecule has 2 aromatic heterocycles. The van der Waals surface area contributed by atoms with Gasteiger partial charge in [-0.3, -0.25) is 4.90 Å². The van der Waals surface area contributed by atoms with E-state index in [0.717, 1.165) is 26.5 Å². The van der Waals surface area contributed by atoms with E-state index in [4.69, 9.17) is 15.2 Å². The maximum Gasteiger partial charge on any atom is 0.355 e. The van der Waals surface area contributed by atoms with Gasteiger partial charge in [0.2, 0.25) is 0 Å². The molecule has 2 aromatic carbocycles. The van der Waals surface area contributed by atoms with Crippen molar-refractivity contribution in [2.45, 2.75) is 12.8 Å². The molecule has 2 N–H and O–H groups in total. The van der Waals surface area contributed by atoms with Gasteiger partial charge in [0.1, 0.15) is 26.9 Å². The van der Waals surface area contributed by atoms with E-state index in [-0.39, 0.29) is 22.7 Å². The van der Waals surface area contributed by atoms with Crippen LogP contribution in [0, 0.1) is 18.3 Å². The second kappa shape index (κ2) is 10.4. The number of carbonyl (C=O) groups is 2. The Labute approximate surface area is 228 Å². The minimum Gasteiger partial charge on any atom is -0.466 e. The summed E-state index contributed by atoms with van der Waals surface area (Å²) in [6, 6.07) is 20.3. The third-order valence-corrected chi connectivity index (χ3v) is 7.49. The van der Waals surface area contributed by atoms with Crippen molar-refractivity contribution < 1.29 is 19.1 Å². The molecule has 0 aliphatic carbocycles. The molecular weight excluding hydrogens is 514 g/mol. The molecule has 1 atom stereocenters. The third-order valence-electron chi connectivity index (χ3n) is 6.46. The van der Waals surface area contributed by atoms with Crippen LogP contribution in [-0.4, -0.2) is 36.1 Å². The Balaban J connectivity index is 1.72. The lowest BCUT2D eigenvalue weighted by atomic mass is 9.80. The number of esters is 2. The van der Waals surface area contributed by atoms with Crippen LogP contribution in [-0.2, 0) is 19.1 Å². The summed E-state index contributed by atoms with van der Waals surface area (Å²) in [5, 5.41) is 11.0. The van der Waals surface area contributed by atoms with Crippen molar-refractivity contribution >= 4 is 39.3 Å². The molecule has 0 saturated carbocycles. The maximum absolute atomic E-state index is 13.3. The van der Waals surface area contributed by atoms with Crippen molar-refractivity contribution in [2.24, 2.45) is 5.73 Å². The highest BCUT2D eigenvalue weighted by Crippen LogP contribution is 2.44. The van der Waals surface area contributed by atoms with Gasteiger partial charge < -0.3 is 15.2 Å². The monoisotopic (exact) mass is 537 g/mol. The summed E-state index contributed by atoms with van der Waals surface area (Å²) in [6.45, 7) is 1.85. The number of benzene rings is 2. The Morgan fingerprint density at radius 2 is 1.79 bits per heavy atom. The van der Waals surface area contributed by atoms with Crippen LogP contribution in [0.2, 0.25) is 0 Å². The number of ether oxygens (including phenoxy) is 2. The largest absolute Gasteiger partial charge is 0.466 e. The Bertz CT molecular complexity index is 1690. The van der Waals surface area contributed by atoms with Gasteiger partial charge in [-0.25, -0.2) is 19.6 Å². The van der Waals surface area contributed by atoms with Gasteiger partial charge in [-0.15, -0.1) is 0 Å². The lowest BCUT2D eigenvalue weighted by molar-refractivity contribution is -0.139. The molecule has 4 aromatic rings. The molecule has 0 amide bonds. The fourth-order valence-corrected chi connectivity index (χ4v) is 5.60. The molecule has 1 unspecified atom stereocenters. The summed E-state index contributed by atoms with van der Waals surface area (Å²) in [4.78, 5) is 37.8. The first-order chi connectivity index (χ1) is 18.9. The van der Waals surface area contributed by atoms with E-state index in [1.807, 2.05) is 37.3 Å². The number of aryl methyl sites for hydroxylation is 1. The molecule has 0 bridgehead atoms. The normalized spacial score (nSPS) is 15.3. The Kier molecular flexibility index (Phi) is 6.83. The summed E-state index contributed by atoms with van der Waals surface area (Å²) >= 11 is 1.46. The van der Waals surface area contributed by atoms with E-state index in [0.29, 0.717) is 11.3 Å². The smallest absolute Gasteiger partial charge is 0.355 e. The number of fused-ring (bicyclic) bond motifs is 1. The van der Waals surface area contributed by atoms with Crippen LogP contribution in [0.3, 0.4) is 0 Å². The molecule has 0 spiro atoms. The first kappa shape index (κ1) is 25.6. The standard InChI is InChI=1S/C29H23N5O4S/c1-16-14-18(26-33-20-10-7-13-32-27(20)39-26)11-12-21(16)34-24(29(36)38-3)23(28(35)37-2)22(19(15-30)25(34)31)17-8-5-4-6-9-17/h4-14,22H,31H2,1-3H3. The van der Waals surface area contributed by atoms with Gasteiger partial charge in [0.25, 0.3) is 0 Å². The fourth-order valence-electron chi connectivity index (χ4n) is 4.70. The molecule has 0 radical (unpaired) electrons. The molecule has 39 heavy (non-hydrogen) atoms. The van der Waals surface area contributed by atoms with Crippen LogP contribution < -0.4 is 10.6 Å². The summed E-state index contributed by atoms with van der Waals surface area (Å²) in [5.74, 6) is -2.48. The number of methoxy groups -OCH3 is 2. The van der Waals surface area contributed by atoms with Crippen LogP contribution in [0.4, 0.5) is 5.69 Å². The summed E-state index contributed by atoms with van der Waals surface area (Å²) in [6.07, 6.45) is 1.72. The van der Waals surface area contributed by atoms with Gasteiger partial charge in [0.05, 0.1) is 43.0 Å². The number of thiazole rings is 1. The molecule has 5 rings (SSSR count). The van der Waals surface area contributed by atoms with E-state index < -0.39 is 17.9 Å². The number of rotatable bonds is 5. The number of anilines is 1. The highest BCUT2D eigenvalue weighted by molar-refractivity contribution is 7.21. The zero-order valence-corrected chi connectivity index (χ0v) is 22.2. The first-order valence-corrected chi connectivity index (χ1v) is 12.7. The molecule has 0 saturated heterocycles. The average molecular weight is 538 g/mol. The summed E-state index contributed by atoms with van der Waals surface area (Å²) < 4.78 is 10.2. The van der Waals surface area contributed by atoms with E-state index in [2.05, 4.69) is 16.0 Å². The van der Waals surface area contributed by atoms with Crippen molar-refractivity contribution in [3.63, 3.8) is 0 Å². The second-order valence-electron chi connectivity index (χ2n) is 8.68. The minimum absolute atomic E-state index is 0.0134. The predicted octanol–water partition coefficient (Wildman–Crippen LogP) is 4.56. The van der Waals surface area contributed by atoms with Gasteiger partial charge in [-0.2, -0.15) is 5.26 Å². The highest BCUT2D eigenvalue weighted by atomic mass is 32.1. The molecule has 0 fully saturated rings. The zero-order valence-electron chi connectivity index (χ0n) is 21.3. The number of nitrogens with zero attached hydrogens (tertiary/aromatic N) is 4. The summed E-state index contributed by atoms with van der Waals surface area (Å²) in [7, 11) is 2.44. The molecule has 1 aliphatic heterocycles. The number of nitriles is 1. The molecule has 9 nitrogen and oxygen atoms in total. The average Bonchev–Trinajstić information content (AvgIpc) is 3.41. The van der Waals surface area contributed by atoms with Crippen LogP contribution in [0.1, 0.15) is 17.0 Å². The summed E-state index contributed by atoms with van der Waals surface area (Å²) in [5.41, 5.74) is 10.0. The van der Waals surface area contributed by atoms with Crippen LogP contribution in [0.5, 0.6) is 0 Å². The second-order valence-corrected chi connectivity index (χ2v) is 9.66. The van der Waals surface area contributed by atoms with Crippen molar-refractivity contribution in [1.82, 2.24) is 9.97 Å². The lowest BCUT2D eigenvalue weighted by Crippen LogP contribution is -2.41. The fraction of sp³-hybridized carbons (Fsp3) is 0.138. The van der Waals surface area contributed by atoms with Crippen LogP contribution >= 0.6 is 11.3 Å². The highest BCUT2D eigenvalue weighted by Gasteiger charge is 2.43. The van der Waals surface area contributed by atoms with Gasteiger partial charge in [-0.05, 0) is 48.4 Å². The molecule has 194 valence electrons. The number of pyridine rings is 1. The van der Waals surface area contributed by atoms with E-state index >= 15 is 0 Å². The first-order valence-electron chi connectivity index (χ1n) is 11.9. The van der Waals surface area contributed by atoms with Crippen LogP contribution in [0.25, 0.3) is 20.9 Å². The predicted molar refractivity (Wildman–Crippen MR) is 147 cm³/mol. The van der Waals surface area contributed by atoms with E-state index in [9.17, 15) is 14.9 Å². The number of carbonyl (C=O) groups excluding carboxylic acids is 2. The number of allylic oxidation sites excluding steroid dienone is 1. The number of hydrogen-bond acceptors (Lipinski definition) is 10. The SMILES string of the molecule is COC(=O)C1=C(C(=O)OC)N(c2ccc(-c3nc4cccnc4s3)cc2C)C(N)=C(C#N)C1c1ccccc1. The van der Waals surface area contributed by atoms with E-state index in [1.54, 1.807) is 36.5 Å². The lowest BCUT2D eigenvalue weighted by Gasteiger charge is -2.36. The maximum atomic E-state index is 13.3. The molecule has 10 heteroatoms. The number of nitrogens with two attached hydrogens (primary N) is 1. The third kappa shape index (κ3) is 4.39. The number of hydrogen-bond donors (Lipinski definition) is 1. The molecule has 3 heterocycles. The minimum atomic E-state index is -0.927. The topological polar surface area (TPSA) is 131 Å². The van der Waals surface area contributed by atoms with Crippen molar-refractivity contribution in [3.8, 4) is 16.6 Å². The molecular formula is C29H23N5O4S. The van der Waals surface area contributed by atoms with Gasteiger partial charge in [0, 0.05) is 11.8 Å². The Morgan fingerprint density at radius 1 is 1.05 bits per heavy atom. The molecule has 1 aliphatic rings. The van der Waals surface area contributed by atoms with Gasteiger partial charge in [-0.1, -0.05) is 41.7 Å². The van der Waals surface area contributed by atoms with Crippen molar-refractivity contribution in [1.29, 1.82) is 5.26 Å². The Hall–Kier alpha value is -5.01.